The first-order chi connectivity index (χ1) is 12.4. The van der Waals surface area contributed by atoms with E-state index >= 15 is 0 Å². The molecule has 26 heavy (non-hydrogen) atoms. The van der Waals surface area contributed by atoms with E-state index in [0.29, 0.717) is 35.3 Å². The van der Waals surface area contributed by atoms with Crippen LogP contribution in [-0.4, -0.2) is 29.8 Å². The smallest absolute Gasteiger partial charge is 0.257 e. The molecular formula is C19H22N2O4S. The Bertz CT molecular complexity index is 776. The zero-order chi connectivity index (χ0) is 19.1. The average molecular weight is 374 g/mol. The van der Waals surface area contributed by atoms with Gasteiger partial charge in [-0.25, -0.2) is 0 Å². The molecule has 0 saturated heterocycles. The van der Waals surface area contributed by atoms with Crippen LogP contribution in [0.15, 0.2) is 42.5 Å². The largest absolute Gasteiger partial charge is 0.506 e. The topological polar surface area (TPSA) is 79.8 Å². The maximum atomic E-state index is 12.3. The number of carbonyl (C=O) groups is 1. The van der Waals surface area contributed by atoms with Crippen molar-refractivity contribution in [3.8, 4) is 17.2 Å². The Morgan fingerprint density at radius 1 is 1.15 bits per heavy atom. The van der Waals surface area contributed by atoms with Gasteiger partial charge in [0, 0.05) is 11.6 Å². The van der Waals surface area contributed by atoms with Gasteiger partial charge in [-0.1, -0.05) is 13.8 Å². The fraction of sp³-hybridized carbons (Fsp3) is 0.263. The highest BCUT2D eigenvalue weighted by molar-refractivity contribution is 7.80. The number of aromatic hydroxyl groups is 1. The van der Waals surface area contributed by atoms with E-state index in [-0.39, 0.29) is 16.8 Å². The van der Waals surface area contributed by atoms with Crippen molar-refractivity contribution >= 4 is 28.9 Å². The molecule has 0 aliphatic heterocycles. The molecule has 0 heterocycles. The van der Waals surface area contributed by atoms with E-state index in [0.717, 1.165) is 0 Å². The van der Waals surface area contributed by atoms with Gasteiger partial charge >= 0.3 is 0 Å². The Balaban J connectivity index is 1.95. The number of amides is 1. The van der Waals surface area contributed by atoms with E-state index in [4.69, 9.17) is 21.7 Å². The third-order valence-electron chi connectivity index (χ3n) is 3.38. The second-order valence-electron chi connectivity index (χ2n) is 6.02. The lowest BCUT2D eigenvalue weighted by atomic mass is 10.2. The van der Waals surface area contributed by atoms with Crippen molar-refractivity contribution in [2.24, 2.45) is 5.92 Å². The average Bonchev–Trinajstić information content (AvgIpc) is 2.62. The quantitative estimate of drug-likeness (QED) is 0.530. The van der Waals surface area contributed by atoms with Crippen LogP contribution in [-0.2, 0) is 0 Å². The fourth-order valence-corrected chi connectivity index (χ4v) is 2.24. The molecule has 0 atom stereocenters. The molecule has 2 rings (SSSR count). The van der Waals surface area contributed by atoms with Gasteiger partial charge in [0.25, 0.3) is 5.91 Å². The van der Waals surface area contributed by atoms with E-state index < -0.39 is 0 Å². The number of carbonyl (C=O) groups excluding carboxylic acids is 1. The minimum atomic E-state index is -0.361. The van der Waals surface area contributed by atoms with E-state index in [1.165, 1.54) is 13.2 Å². The summed E-state index contributed by atoms with van der Waals surface area (Å²) in [6.07, 6.45) is 0. The van der Waals surface area contributed by atoms with Gasteiger partial charge in [-0.2, -0.15) is 0 Å². The van der Waals surface area contributed by atoms with E-state index in [1.54, 1.807) is 36.4 Å². The summed E-state index contributed by atoms with van der Waals surface area (Å²) in [4.78, 5) is 12.3. The van der Waals surface area contributed by atoms with Gasteiger partial charge in [-0.3, -0.25) is 10.1 Å². The molecule has 0 aliphatic carbocycles. The normalized spacial score (nSPS) is 10.3. The molecule has 2 aromatic rings. The minimum absolute atomic E-state index is 0.00551. The number of benzene rings is 2. The van der Waals surface area contributed by atoms with Crippen LogP contribution in [0, 0.1) is 5.92 Å². The Hall–Kier alpha value is -2.80. The first-order valence-corrected chi connectivity index (χ1v) is 8.52. The van der Waals surface area contributed by atoms with Crippen LogP contribution < -0.4 is 20.1 Å². The molecule has 0 radical (unpaired) electrons. The highest BCUT2D eigenvalue weighted by Crippen LogP contribution is 2.27. The number of hydrogen-bond acceptors (Lipinski definition) is 5. The molecule has 2 aromatic carbocycles. The van der Waals surface area contributed by atoms with Crippen LogP contribution in [0.5, 0.6) is 17.2 Å². The third-order valence-corrected chi connectivity index (χ3v) is 3.58. The monoisotopic (exact) mass is 374 g/mol. The lowest BCUT2D eigenvalue weighted by Gasteiger charge is -2.12. The number of anilines is 1. The summed E-state index contributed by atoms with van der Waals surface area (Å²) in [6, 6.07) is 11.5. The second kappa shape index (κ2) is 9.05. The number of methoxy groups -OCH3 is 1. The van der Waals surface area contributed by atoms with Gasteiger partial charge in [-0.15, -0.1) is 0 Å². The second-order valence-corrected chi connectivity index (χ2v) is 6.43. The summed E-state index contributed by atoms with van der Waals surface area (Å²) in [5.74, 6) is 1.32. The van der Waals surface area contributed by atoms with Crippen molar-refractivity contribution in [3.63, 3.8) is 0 Å². The Morgan fingerprint density at radius 3 is 2.42 bits per heavy atom. The zero-order valence-electron chi connectivity index (χ0n) is 14.9. The van der Waals surface area contributed by atoms with Gasteiger partial charge < -0.3 is 19.9 Å². The predicted molar refractivity (Wildman–Crippen MR) is 105 cm³/mol. The van der Waals surface area contributed by atoms with Gasteiger partial charge in [0.05, 0.1) is 19.4 Å². The number of nitrogens with one attached hydrogen (secondary N) is 2. The molecule has 0 unspecified atom stereocenters. The Kier molecular flexibility index (Phi) is 6.80. The van der Waals surface area contributed by atoms with Crippen LogP contribution in [0.4, 0.5) is 5.69 Å². The summed E-state index contributed by atoms with van der Waals surface area (Å²) in [7, 11) is 1.52. The van der Waals surface area contributed by atoms with Crippen molar-refractivity contribution in [2.75, 3.05) is 19.0 Å². The number of hydrogen-bond donors (Lipinski definition) is 3. The summed E-state index contributed by atoms with van der Waals surface area (Å²) in [5.41, 5.74) is 0.785. The van der Waals surface area contributed by atoms with Crippen molar-refractivity contribution in [3.05, 3.63) is 48.0 Å². The molecule has 7 heteroatoms. The lowest BCUT2D eigenvalue weighted by Crippen LogP contribution is -2.34. The van der Waals surface area contributed by atoms with Crippen LogP contribution in [0.1, 0.15) is 24.2 Å². The molecule has 0 aromatic heterocycles. The van der Waals surface area contributed by atoms with E-state index in [9.17, 15) is 9.90 Å². The molecular weight excluding hydrogens is 352 g/mol. The Labute approximate surface area is 158 Å². The highest BCUT2D eigenvalue weighted by atomic mass is 32.1. The zero-order valence-corrected chi connectivity index (χ0v) is 15.7. The van der Waals surface area contributed by atoms with E-state index in [2.05, 4.69) is 24.5 Å². The SMILES string of the molecule is COc1ccc(O)c(NC(=S)NC(=O)c2ccc(OCC(C)C)cc2)c1. The number of rotatable bonds is 6. The van der Waals surface area contributed by atoms with Gasteiger partial charge in [0.1, 0.15) is 17.2 Å². The van der Waals surface area contributed by atoms with Crippen molar-refractivity contribution in [1.82, 2.24) is 5.32 Å². The maximum absolute atomic E-state index is 12.3. The Morgan fingerprint density at radius 2 is 1.81 bits per heavy atom. The first kappa shape index (κ1) is 19.5. The van der Waals surface area contributed by atoms with Gasteiger partial charge in [-0.05, 0) is 54.5 Å². The number of phenols is 1. The highest BCUT2D eigenvalue weighted by Gasteiger charge is 2.10. The van der Waals surface area contributed by atoms with Crippen LogP contribution >= 0.6 is 12.2 Å². The van der Waals surface area contributed by atoms with Crippen molar-refractivity contribution < 1.29 is 19.4 Å². The van der Waals surface area contributed by atoms with Crippen LogP contribution in [0.3, 0.4) is 0 Å². The molecule has 3 N–H and O–H groups in total. The van der Waals surface area contributed by atoms with E-state index in [1.807, 2.05) is 0 Å². The van der Waals surface area contributed by atoms with Gasteiger partial charge in [0.15, 0.2) is 5.11 Å². The lowest BCUT2D eigenvalue weighted by molar-refractivity contribution is 0.0977. The summed E-state index contributed by atoms with van der Waals surface area (Å²) < 4.78 is 10.7. The molecule has 138 valence electrons. The minimum Gasteiger partial charge on any atom is -0.506 e. The first-order valence-electron chi connectivity index (χ1n) is 8.11. The molecule has 1 amide bonds. The third kappa shape index (κ3) is 5.63. The molecule has 0 bridgehead atoms. The summed E-state index contributed by atoms with van der Waals surface area (Å²) >= 11 is 5.13. The van der Waals surface area contributed by atoms with Crippen molar-refractivity contribution in [2.45, 2.75) is 13.8 Å². The molecule has 6 nitrogen and oxygen atoms in total. The molecule has 0 saturated carbocycles. The maximum Gasteiger partial charge on any atom is 0.257 e. The van der Waals surface area contributed by atoms with Crippen LogP contribution in [0.25, 0.3) is 0 Å². The fourth-order valence-electron chi connectivity index (χ4n) is 2.04. The summed E-state index contributed by atoms with van der Waals surface area (Å²) in [6.45, 7) is 4.75. The number of ether oxygens (including phenoxy) is 2. The van der Waals surface area contributed by atoms with Crippen LogP contribution in [0.2, 0.25) is 0 Å². The predicted octanol–water partition coefficient (Wildman–Crippen LogP) is 3.56. The molecule has 0 spiro atoms. The van der Waals surface area contributed by atoms with Gasteiger partial charge in [0.2, 0.25) is 0 Å². The number of thiocarbonyl (C=S) groups is 1. The molecule has 0 fully saturated rings. The standard InChI is InChI=1S/C19H22N2O4S/c1-12(2)11-25-14-6-4-13(5-7-14)18(23)21-19(26)20-16-10-15(24-3)8-9-17(16)22/h4-10,12,22H,11H2,1-3H3,(H2,20,21,23,26). The molecule has 0 aliphatic rings. The summed E-state index contributed by atoms with van der Waals surface area (Å²) in [5, 5.41) is 15.3. The number of phenolic OH excluding ortho intramolecular Hbond substituents is 1. The van der Waals surface area contributed by atoms with Crippen molar-refractivity contribution in [1.29, 1.82) is 0 Å².